The van der Waals surface area contributed by atoms with Gasteiger partial charge in [0.15, 0.2) is 6.61 Å². The predicted molar refractivity (Wildman–Crippen MR) is 89.3 cm³/mol. The molecule has 2 aromatic carbocycles. The van der Waals surface area contributed by atoms with Crippen molar-refractivity contribution >= 4 is 23.2 Å². The number of nitrogens with one attached hydrogen (secondary N) is 2. The Morgan fingerprint density at radius 1 is 1.12 bits per heavy atom. The quantitative estimate of drug-likeness (QED) is 0.868. The van der Waals surface area contributed by atoms with Gasteiger partial charge in [-0.05, 0) is 54.4 Å². The maximum Gasteiger partial charge on any atom is 0.422 e. The molecule has 0 bridgehead atoms. The van der Waals surface area contributed by atoms with Crippen LogP contribution in [0.5, 0.6) is 5.75 Å². The molecule has 0 spiro atoms. The average Bonchev–Trinajstić information content (AvgIpc) is 2.60. The van der Waals surface area contributed by atoms with Crippen molar-refractivity contribution in [1.29, 1.82) is 0 Å². The van der Waals surface area contributed by atoms with E-state index in [9.17, 15) is 22.8 Å². The lowest BCUT2D eigenvalue weighted by Crippen LogP contribution is -2.20. The highest BCUT2D eigenvalue weighted by molar-refractivity contribution is 6.05. The number of halogens is 3. The third-order valence-corrected chi connectivity index (χ3v) is 3.78. The van der Waals surface area contributed by atoms with Crippen molar-refractivity contribution < 1.29 is 27.5 Å². The highest BCUT2D eigenvalue weighted by Crippen LogP contribution is 2.24. The molecule has 136 valence electrons. The summed E-state index contributed by atoms with van der Waals surface area (Å²) in [4.78, 5) is 23.7. The third-order valence-electron chi connectivity index (χ3n) is 3.78. The van der Waals surface area contributed by atoms with Gasteiger partial charge in [-0.3, -0.25) is 9.59 Å². The molecular formula is C18H15F3N2O3. The second kappa shape index (κ2) is 7.07. The molecule has 2 amide bonds. The van der Waals surface area contributed by atoms with Crippen LogP contribution in [0.25, 0.3) is 0 Å². The fourth-order valence-electron chi connectivity index (χ4n) is 2.53. The smallest absolute Gasteiger partial charge is 0.422 e. The first-order chi connectivity index (χ1) is 12.3. The van der Waals surface area contributed by atoms with Crippen molar-refractivity contribution in [2.24, 2.45) is 0 Å². The first-order valence-electron chi connectivity index (χ1n) is 7.84. The van der Waals surface area contributed by atoms with Crippen LogP contribution in [0.1, 0.15) is 22.3 Å². The Morgan fingerprint density at radius 2 is 1.85 bits per heavy atom. The second-order valence-electron chi connectivity index (χ2n) is 5.80. The molecule has 0 saturated heterocycles. The molecule has 0 aliphatic carbocycles. The van der Waals surface area contributed by atoms with Gasteiger partial charge in [0.25, 0.3) is 5.91 Å². The monoisotopic (exact) mass is 364 g/mol. The summed E-state index contributed by atoms with van der Waals surface area (Å²) < 4.78 is 41.0. The lowest BCUT2D eigenvalue weighted by atomic mass is 10.00. The van der Waals surface area contributed by atoms with Crippen LogP contribution in [0.2, 0.25) is 0 Å². The summed E-state index contributed by atoms with van der Waals surface area (Å²) >= 11 is 0. The molecule has 0 saturated carbocycles. The van der Waals surface area contributed by atoms with Gasteiger partial charge in [0.05, 0.1) is 0 Å². The SMILES string of the molecule is O=C1CCc2cc(C(=O)Nc3ccc(OCC(F)(F)F)cc3)ccc2N1. The van der Waals surface area contributed by atoms with Crippen molar-refractivity contribution in [3.63, 3.8) is 0 Å². The predicted octanol–water partition coefficient (Wildman–Crippen LogP) is 3.76. The van der Waals surface area contributed by atoms with Crippen LogP contribution in [0.4, 0.5) is 24.5 Å². The number of carbonyl (C=O) groups excluding carboxylic acids is 2. The minimum Gasteiger partial charge on any atom is -0.484 e. The molecule has 1 heterocycles. The Morgan fingerprint density at radius 3 is 2.54 bits per heavy atom. The molecule has 0 radical (unpaired) electrons. The first kappa shape index (κ1) is 17.8. The highest BCUT2D eigenvalue weighted by atomic mass is 19.4. The molecule has 5 nitrogen and oxygen atoms in total. The van der Waals surface area contributed by atoms with Gasteiger partial charge < -0.3 is 15.4 Å². The van der Waals surface area contributed by atoms with E-state index in [-0.39, 0.29) is 17.6 Å². The summed E-state index contributed by atoms with van der Waals surface area (Å²) in [5.41, 5.74) is 2.44. The second-order valence-corrected chi connectivity index (χ2v) is 5.80. The van der Waals surface area contributed by atoms with E-state index in [1.807, 2.05) is 0 Å². The zero-order valence-corrected chi connectivity index (χ0v) is 13.5. The van der Waals surface area contributed by atoms with Gasteiger partial charge in [0, 0.05) is 23.4 Å². The van der Waals surface area contributed by atoms with Gasteiger partial charge in [-0.25, -0.2) is 0 Å². The van der Waals surface area contributed by atoms with E-state index in [1.54, 1.807) is 18.2 Å². The van der Waals surface area contributed by atoms with Gasteiger partial charge >= 0.3 is 6.18 Å². The number of ether oxygens (including phenoxy) is 1. The first-order valence-corrected chi connectivity index (χ1v) is 7.84. The standard InChI is InChI=1S/C18H15F3N2O3/c19-18(20,21)10-26-14-5-3-13(4-6-14)22-17(25)12-1-7-15-11(9-12)2-8-16(24)23-15/h1,3-7,9H,2,8,10H2,(H,22,25)(H,23,24). The summed E-state index contributed by atoms with van der Waals surface area (Å²) in [6.07, 6.45) is -3.47. The fourth-order valence-corrected chi connectivity index (χ4v) is 2.53. The van der Waals surface area contributed by atoms with E-state index in [2.05, 4.69) is 15.4 Å². The lowest BCUT2D eigenvalue weighted by Gasteiger charge is -2.17. The molecular weight excluding hydrogens is 349 g/mol. The normalized spacial score (nSPS) is 13.6. The molecule has 0 fully saturated rings. The number of alkyl halides is 3. The van der Waals surface area contributed by atoms with E-state index < -0.39 is 12.8 Å². The van der Waals surface area contributed by atoms with Crippen LogP contribution >= 0.6 is 0 Å². The number of carbonyl (C=O) groups is 2. The zero-order valence-electron chi connectivity index (χ0n) is 13.5. The Bertz CT molecular complexity index is 833. The summed E-state index contributed by atoms with van der Waals surface area (Å²) in [5, 5.41) is 5.41. The molecule has 1 aliphatic heterocycles. The number of amides is 2. The molecule has 2 N–H and O–H groups in total. The van der Waals surface area contributed by atoms with Crippen LogP contribution in [0, 0.1) is 0 Å². The number of hydrogen-bond acceptors (Lipinski definition) is 3. The largest absolute Gasteiger partial charge is 0.484 e. The van der Waals surface area contributed by atoms with Gasteiger partial charge in [-0.15, -0.1) is 0 Å². The van der Waals surface area contributed by atoms with Crippen molar-refractivity contribution in [2.75, 3.05) is 17.2 Å². The van der Waals surface area contributed by atoms with Crippen LogP contribution < -0.4 is 15.4 Å². The summed E-state index contributed by atoms with van der Waals surface area (Å²) in [6, 6.07) is 10.6. The molecule has 0 aromatic heterocycles. The van der Waals surface area contributed by atoms with Crippen molar-refractivity contribution in [2.45, 2.75) is 19.0 Å². The zero-order chi connectivity index (χ0) is 18.7. The highest BCUT2D eigenvalue weighted by Gasteiger charge is 2.28. The van der Waals surface area contributed by atoms with Crippen molar-refractivity contribution in [3.8, 4) is 5.75 Å². The third kappa shape index (κ3) is 4.53. The number of anilines is 2. The van der Waals surface area contributed by atoms with E-state index in [0.29, 0.717) is 29.8 Å². The Kier molecular flexibility index (Phi) is 4.83. The van der Waals surface area contributed by atoms with Gasteiger partial charge in [0.2, 0.25) is 5.91 Å². The number of benzene rings is 2. The van der Waals surface area contributed by atoms with E-state index >= 15 is 0 Å². The fraction of sp³-hybridized carbons (Fsp3) is 0.222. The average molecular weight is 364 g/mol. The lowest BCUT2D eigenvalue weighted by molar-refractivity contribution is -0.153. The van der Waals surface area contributed by atoms with E-state index in [4.69, 9.17) is 0 Å². The van der Waals surface area contributed by atoms with Crippen LogP contribution in [-0.2, 0) is 11.2 Å². The topological polar surface area (TPSA) is 67.4 Å². The molecule has 8 heteroatoms. The minimum absolute atomic E-state index is 0.0532. The molecule has 1 aliphatic rings. The molecule has 3 rings (SSSR count). The number of rotatable bonds is 4. The van der Waals surface area contributed by atoms with Crippen molar-refractivity contribution in [3.05, 3.63) is 53.6 Å². The number of aryl methyl sites for hydroxylation is 1. The van der Waals surface area contributed by atoms with Crippen molar-refractivity contribution in [1.82, 2.24) is 0 Å². The Labute approximate surface area is 147 Å². The molecule has 0 unspecified atom stereocenters. The molecule has 0 atom stereocenters. The molecule has 26 heavy (non-hydrogen) atoms. The summed E-state index contributed by atoms with van der Waals surface area (Å²) in [5.74, 6) is -0.346. The van der Waals surface area contributed by atoms with Crippen LogP contribution in [0.15, 0.2) is 42.5 Å². The van der Waals surface area contributed by atoms with Gasteiger partial charge in [-0.2, -0.15) is 13.2 Å². The van der Waals surface area contributed by atoms with Crippen LogP contribution in [-0.4, -0.2) is 24.6 Å². The summed E-state index contributed by atoms with van der Waals surface area (Å²) in [7, 11) is 0. The number of hydrogen-bond donors (Lipinski definition) is 2. The van der Waals surface area contributed by atoms with Gasteiger partial charge in [-0.1, -0.05) is 0 Å². The maximum atomic E-state index is 12.3. The Balaban J connectivity index is 1.64. The Hall–Kier alpha value is -3.03. The van der Waals surface area contributed by atoms with E-state index in [1.165, 1.54) is 24.3 Å². The number of fused-ring (bicyclic) bond motifs is 1. The molecule has 2 aromatic rings. The summed E-state index contributed by atoms with van der Waals surface area (Å²) in [6.45, 7) is -1.37. The minimum atomic E-state index is -4.40. The van der Waals surface area contributed by atoms with Gasteiger partial charge in [0.1, 0.15) is 5.75 Å². The van der Waals surface area contributed by atoms with E-state index in [0.717, 1.165) is 5.56 Å². The van der Waals surface area contributed by atoms with Crippen LogP contribution in [0.3, 0.4) is 0 Å². The maximum absolute atomic E-state index is 12.3.